The third kappa shape index (κ3) is 1.46. The fourth-order valence-electron chi connectivity index (χ4n) is 0.931. The Bertz CT molecular complexity index is 124. The monoisotopic (exact) mass is 146 g/mol. The molecule has 2 nitrogen and oxygen atoms in total. The molecule has 1 fully saturated rings. The summed E-state index contributed by atoms with van der Waals surface area (Å²) in [6, 6.07) is 0. The van der Waals surface area contributed by atoms with Crippen molar-refractivity contribution in [2.24, 2.45) is 5.92 Å². The maximum Gasteiger partial charge on any atom is 0.136 e. The molecule has 0 aromatic heterocycles. The van der Waals surface area contributed by atoms with Gasteiger partial charge in [0.15, 0.2) is 0 Å². The molecule has 1 heterocycles. The van der Waals surface area contributed by atoms with Crippen molar-refractivity contribution in [2.45, 2.75) is 13.0 Å². The first kappa shape index (κ1) is 7.09. The van der Waals surface area contributed by atoms with Gasteiger partial charge in [0, 0.05) is 11.5 Å². The van der Waals surface area contributed by atoms with Gasteiger partial charge in [0.05, 0.1) is 12.0 Å². The lowest BCUT2D eigenvalue weighted by molar-refractivity contribution is -0.122. The molecular weight excluding hydrogens is 136 g/mol. The highest BCUT2D eigenvalue weighted by atomic mass is 32.2. The highest BCUT2D eigenvalue weighted by Gasteiger charge is 2.28. The summed E-state index contributed by atoms with van der Waals surface area (Å²) in [4.78, 5) is 10.7. The minimum Gasteiger partial charge on any atom is -0.391 e. The number of hydrogen-bond acceptors (Lipinski definition) is 3. The van der Waals surface area contributed by atoms with Gasteiger partial charge in [-0.05, 0) is 6.92 Å². The molecule has 0 spiro atoms. The molecule has 0 aliphatic carbocycles. The first-order valence-electron chi connectivity index (χ1n) is 2.98. The topological polar surface area (TPSA) is 37.3 Å². The second-order valence-corrected chi connectivity index (χ2v) is 3.40. The van der Waals surface area contributed by atoms with Gasteiger partial charge >= 0.3 is 0 Å². The number of carbonyl (C=O) groups excluding carboxylic acids is 1. The van der Waals surface area contributed by atoms with E-state index in [0.29, 0.717) is 0 Å². The van der Waals surface area contributed by atoms with Crippen molar-refractivity contribution < 1.29 is 9.90 Å². The minimum atomic E-state index is -0.382. The van der Waals surface area contributed by atoms with E-state index in [2.05, 4.69) is 0 Å². The van der Waals surface area contributed by atoms with E-state index >= 15 is 0 Å². The average molecular weight is 146 g/mol. The number of carbonyl (C=O) groups is 1. The van der Waals surface area contributed by atoms with Crippen LogP contribution in [0.25, 0.3) is 0 Å². The first-order valence-corrected chi connectivity index (χ1v) is 4.13. The highest BCUT2D eigenvalue weighted by molar-refractivity contribution is 7.99. The predicted molar refractivity (Wildman–Crippen MR) is 37.5 cm³/mol. The van der Waals surface area contributed by atoms with Crippen molar-refractivity contribution in [3.63, 3.8) is 0 Å². The van der Waals surface area contributed by atoms with E-state index in [1.807, 2.05) is 0 Å². The molecule has 1 N–H and O–H groups in total. The third-order valence-corrected chi connectivity index (χ3v) is 2.74. The molecule has 0 radical (unpaired) electrons. The maximum atomic E-state index is 10.7. The van der Waals surface area contributed by atoms with Gasteiger partial charge in [0.25, 0.3) is 0 Å². The zero-order chi connectivity index (χ0) is 6.85. The van der Waals surface area contributed by atoms with Crippen LogP contribution < -0.4 is 0 Å². The second-order valence-electron chi connectivity index (χ2n) is 2.32. The lowest BCUT2D eigenvalue weighted by Crippen LogP contribution is -2.24. The van der Waals surface area contributed by atoms with E-state index < -0.39 is 0 Å². The molecule has 0 aromatic rings. The number of Topliss-reactive ketones (excluding diaryl/α,β-unsaturated/α-hetero) is 1. The van der Waals surface area contributed by atoms with Gasteiger partial charge in [-0.15, -0.1) is 0 Å². The molecule has 1 rings (SSSR count). The van der Waals surface area contributed by atoms with Crippen molar-refractivity contribution >= 4 is 17.5 Å². The molecule has 1 aliphatic heterocycles. The van der Waals surface area contributed by atoms with Gasteiger partial charge in [-0.1, -0.05) is 0 Å². The highest BCUT2D eigenvalue weighted by Crippen LogP contribution is 2.24. The Morgan fingerprint density at radius 2 is 2.33 bits per heavy atom. The Balaban J connectivity index is 2.49. The molecule has 9 heavy (non-hydrogen) atoms. The van der Waals surface area contributed by atoms with Crippen LogP contribution in [0.4, 0.5) is 0 Å². The summed E-state index contributed by atoms with van der Waals surface area (Å²) < 4.78 is 0. The third-order valence-electron chi connectivity index (χ3n) is 1.57. The summed E-state index contributed by atoms with van der Waals surface area (Å²) in [5, 5.41) is 9.12. The number of ketones is 1. The number of rotatable bonds is 1. The van der Waals surface area contributed by atoms with E-state index in [9.17, 15) is 4.79 Å². The molecule has 3 heteroatoms. The number of hydrogen-bond donors (Lipinski definition) is 1. The van der Waals surface area contributed by atoms with Crippen LogP contribution in [0.15, 0.2) is 0 Å². The molecule has 0 aromatic carbocycles. The van der Waals surface area contributed by atoms with Crippen LogP contribution in [-0.4, -0.2) is 28.5 Å². The maximum absolute atomic E-state index is 10.7. The van der Waals surface area contributed by atoms with Gasteiger partial charge in [0.2, 0.25) is 0 Å². The summed E-state index contributed by atoms with van der Waals surface area (Å²) in [6.07, 6.45) is -0.382. The van der Waals surface area contributed by atoms with Gasteiger partial charge in [-0.25, -0.2) is 0 Å². The normalized spacial score (nSPS) is 34.9. The van der Waals surface area contributed by atoms with E-state index in [1.165, 1.54) is 0 Å². The van der Waals surface area contributed by atoms with Gasteiger partial charge in [-0.2, -0.15) is 11.8 Å². The van der Waals surface area contributed by atoms with Crippen molar-refractivity contribution in [1.29, 1.82) is 0 Å². The Kier molecular flexibility index (Phi) is 2.13. The number of thioether (sulfide) groups is 1. The van der Waals surface area contributed by atoms with E-state index in [4.69, 9.17) is 5.11 Å². The van der Waals surface area contributed by atoms with Gasteiger partial charge in [0.1, 0.15) is 5.78 Å². The minimum absolute atomic E-state index is 0.0880. The standard InChI is InChI=1S/C6H10O2S/c1-4(7)5-2-9-3-6(5)8/h5-6,8H,2-3H2,1H3/t5-,6+/m1/s1. The van der Waals surface area contributed by atoms with Gasteiger partial charge in [-0.3, -0.25) is 4.79 Å². The summed E-state index contributed by atoms with van der Waals surface area (Å²) >= 11 is 1.65. The van der Waals surface area contributed by atoms with Crippen LogP contribution in [0, 0.1) is 5.92 Å². The smallest absolute Gasteiger partial charge is 0.136 e. The van der Waals surface area contributed by atoms with Crippen molar-refractivity contribution in [3.8, 4) is 0 Å². The molecule has 0 amide bonds. The van der Waals surface area contributed by atoms with E-state index in [-0.39, 0.29) is 17.8 Å². The largest absolute Gasteiger partial charge is 0.391 e. The van der Waals surface area contributed by atoms with Crippen molar-refractivity contribution in [1.82, 2.24) is 0 Å². The zero-order valence-electron chi connectivity index (χ0n) is 5.33. The molecular formula is C6H10O2S. The van der Waals surface area contributed by atoms with Crippen LogP contribution in [0.3, 0.4) is 0 Å². The van der Waals surface area contributed by atoms with Crippen LogP contribution in [-0.2, 0) is 4.79 Å². The van der Waals surface area contributed by atoms with E-state index in [0.717, 1.165) is 11.5 Å². The lowest BCUT2D eigenvalue weighted by atomic mass is 10.0. The Morgan fingerprint density at radius 3 is 2.56 bits per heavy atom. The molecule has 0 unspecified atom stereocenters. The van der Waals surface area contributed by atoms with Crippen LogP contribution >= 0.6 is 11.8 Å². The lowest BCUT2D eigenvalue weighted by Gasteiger charge is -2.07. The molecule has 0 saturated carbocycles. The second kappa shape index (κ2) is 2.71. The molecule has 0 bridgehead atoms. The Labute approximate surface area is 58.6 Å². The number of aliphatic hydroxyl groups is 1. The van der Waals surface area contributed by atoms with Crippen LogP contribution in [0.1, 0.15) is 6.92 Å². The Morgan fingerprint density at radius 1 is 1.67 bits per heavy atom. The molecule has 52 valence electrons. The fraction of sp³-hybridized carbons (Fsp3) is 0.833. The first-order chi connectivity index (χ1) is 4.22. The average Bonchev–Trinajstić information content (AvgIpc) is 2.13. The van der Waals surface area contributed by atoms with Gasteiger partial charge < -0.3 is 5.11 Å². The molecule has 2 atom stereocenters. The zero-order valence-corrected chi connectivity index (χ0v) is 6.15. The van der Waals surface area contributed by atoms with Crippen LogP contribution in [0.5, 0.6) is 0 Å². The Hall–Kier alpha value is -0.0200. The number of aliphatic hydroxyl groups excluding tert-OH is 1. The molecule has 1 aliphatic rings. The summed E-state index contributed by atoms with van der Waals surface area (Å²) in [7, 11) is 0. The summed E-state index contributed by atoms with van der Waals surface area (Å²) in [5.74, 6) is 1.56. The van der Waals surface area contributed by atoms with Crippen molar-refractivity contribution in [3.05, 3.63) is 0 Å². The predicted octanol–water partition coefficient (Wildman–Crippen LogP) is 0.299. The quantitative estimate of drug-likeness (QED) is 0.578. The SMILES string of the molecule is CC(=O)[C@H]1CSC[C@@H]1O. The van der Waals surface area contributed by atoms with E-state index in [1.54, 1.807) is 18.7 Å². The summed E-state index contributed by atoms with van der Waals surface area (Å²) in [6.45, 7) is 1.54. The summed E-state index contributed by atoms with van der Waals surface area (Å²) in [5.41, 5.74) is 0. The fourth-order valence-corrected chi connectivity index (χ4v) is 2.25. The molecule has 1 saturated heterocycles. The van der Waals surface area contributed by atoms with Crippen molar-refractivity contribution in [2.75, 3.05) is 11.5 Å². The van der Waals surface area contributed by atoms with Crippen LogP contribution in [0.2, 0.25) is 0 Å².